The summed E-state index contributed by atoms with van der Waals surface area (Å²) in [6.07, 6.45) is -3.70. The third-order valence-electron chi connectivity index (χ3n) is 2.23. The zero-order chi connectivity index (χ0) is 12.2. The standard InChI is InChI=1S/C11H15F3N2/c1-8(6-7-15)16-10-5-3-2-4-9(10)11(12,13)14/h2-5,8,16H,6-7,15H2,1H3. The molecule has 0 radical (unpaired) electrons. The molecule has 0 aliphatic rings. The van der Waals surface area contributed by atoms with Gasteiger partial charge in [-0.15, -0.1) is 0 Å². The Bertz CT molecular complexity index is 336. The smallest absolute Gasteiger partial charge is 0.382 e. The highest BCUT2D eigenvalue weighted by molar-refractivity contribution is 5.53. The topological polar surface area (TPSA) is 38.0 Å². The summed E-state index contributed by atoms with van der Waals surface area (Å²) in [5.41, 5.74) is 4.81. The van der Waals surface area contributed by atoms with Crippen LogP contribution in [0.5, 0.6) is 0 Å². The van der Waals surface area contributed by atoms with Gasteiger partial charge in [-0.2, -0.15) is 13.2 Å². The normalized spacial score (nSPS) is 13.6. The second-order valence-electron chi connectivity index (χ2n) is 3.67. The van der Waals surface area contributed by atoms with Crippen molar-refractivity contribution in [2.75, 3.05) is 11.9 Å². The molecule has 1 atom stereocenters. The number of para-hydroxylation sites is 1. The molecule has 0 saturated heterocycles. The Labute approximate surface area is 92.6 Å². The lowest BCUT2D eigenvalue weighted by Crippen LogP contribution is -2.21. The van der Waals surface area contributed by atoms with Gasteiger partial charge in [0.05, 0.1) is 5.56 Å². The Hall–Kier alpha value is -1.23. The molecule has 16 heavy (non-hydrogen) atoms. The third kappa shape index (κ3) is 3.41. The number of hydrogen-bond acceptors (Lipinski definition) is 2. The summed E-state index contributed by atoms with van der Waals surface area (Å²) in [4.78, 5) is 0. The number of nitrogens with two attached hydrogens (primary N) is 1. The van der Waals surface area contributed by atoms with E-state index in [2.05, 4.69) is 5.32 Å². The SMILES string of the molecule is CC(CCN)Nc1ccccc1C(F)(F)F. The zero-order valence-electron chi connectivity index (χ0n) is 9.01. The van der Waals surface area contributed by atoms with E-state index >= 15 is 0 Å². The number of nitrogens with one attached hydrogen (secondary N) is 1. The maximum absolute atomic E-state index is 12.6. The van der Waals surface area contributed by atoms with Crippen molar-refractivity contribution in [1.29, 1.82) is 0 Å². The minimum Gasteiger partial charge on any atom is -0.382 e. The predicted octanol–water partition coefficient (Wildman–Crippen LogP) is 2.85. The van der Waals surface area contributed by atoms with Gasteiger partial charge in [0, 0.05) is 11.7 Å². The van der Waals surface area contributed by atoms with E-state index in [1.807, 2.05) is 0 Å². The monoisotopic (exact) mass is 232 g/mol. The summed E-state index contributed by atoms with van der Waals surface area (Å²) in [5, 5.41) is 2.82. The highest BCUT2D eigenvalue weighted by Gasteiger charge is 2.33. The molecule has 0 heterocycles. The number of hydrogen-bond donors (Lipinski definition) is 2. The Kier molecular flexibility index (Phi) is 4.18. The minimum atomic E-state index is -4.33. The van der Waals surface area contributed by atoms with Crippen molar-refractivity contribution in [3.05, 3.63) is 29.8 Å². The van der Waals surface area contributed by atoms with Crippen LogP contribution in [-0.2, 0) is 6.18 Å². The van der Waals surface area contributed by atoms with Crippen LogP contribution < -0.4 is 11.1 Å². The van der Waals surface area contributed by atoms with Crippen LogP contribution in [-0.4, -0.2) is 12.6 Å². The number of alkyl halides is 3. The molecule has 0 aliphatic heterocycles. The van der Waals surface area contributed by atoms with Crippen LogP contribution in [0.1, 0.15) is 18.9 Å². The van der Waals surface area contributed by atoms with E-state index < -0.39 is 11.7 Å². The molecule has 5 heteroatoms. The first-order chi connectivity index (χ1) is 7.45. The molecule has 1 aromatic carbocycles. The van der Waals surface area contributed by atoms with Crippen molar-refractivity contribution in [2.24, 2.45) is 5.73 Å². The predicted molar refractivity (Wildman–Crippen MR) is 58.2 cm³/mol. The summed E-state index contributed by atoms with van der Waals surface area (Å²) in [7, 11) is 0. The molecule has 2 nitrogen and oxygen atoms in total. The summed E-state index contributed by atoms with van der Waals surface area (Å²) >= 11 is 0. The molecular weight excluding hydrogens is 217 g/mol. The van der Waals surface area contributed by atoms with E-state index in [1.165, 1.54) is 12.1 Å². The number of halogens is 3. The van der Waals surface area contributed by atoms with Gasteiger partial charge in [-0.25, -0.2) is 0 Å². The van der Waals surface area contributed by atoms with E-state index in [-0.39, 0.29) is 11.7 Å². The Morgan fingerprint density at radius 2 is 1.94 bits per heavy atom. The molecule has 0 saturated carbocycles. The lowest BCUT2D eigenvalue weighted by Gasteiger charge is -2.18. The molecular formula is C11H15F3N2. The van der Waals surface area contributed by atoms with Crippen LogP contribution in [0.15, 0.2) is 24.3 Å². The van der Waals surface area contributed by atoms with Crippen LogP contribution in [0.2, 0.25) is 0 Å². The molecule has 0 bridgehead atoms. The maximum Gasteiger partial charge on any atom is 0.418 e. The fourth-order valence-electron chi connectivity index (χ4n) is 1.44. The second-order valence-corrected chi connectivity index (χ2v) is 3.67. The lowest BCUT2D eigenvalue weighted by atomic mass is 10.1. The van der Waals surface area contributed by atoms with Gasteiger partial charge < -0.3 is 11.1 Å². The van der Waals surface area contributed by atoms with Crippen LogP contribution in [0.25, 0.3) is 0 Å². The number of rotatable bonds is 4. The molecule has 0 aliphatic carbocycles. The van der Waals surface area contributed by atoms with Crippen LogP contribution in [0.3, 0.4) is 0 Å². The average Bonchev–Trinajstić information content (AvgIpc) is 2.17. The van der Waals surface area contributed by atoms with Crippen molar-refractivity contribution in [1.82, 2.24) is 0 Å². The molecule has 1 unspecified atom stereocenters. The fourth-order valence-corrected chi connectivity index (χ4v) is 1.44. The summed E-state index contributed by atoms with van der Waals surface area (Å²) in [5.74, 6) is 0. The molecule has 0 aromatic heterocycles. The lowest BCUT2D eigenvalue weighted by molar-refractivity contribution is -0.137. The van der Waals surface area contributed by atoms with Crippen molar-refractivity contribution in [2.45, 2.75) is 25.6 Å². The van der Waals surface area contributed by atoms with E-state index in [9.17, 15) is 13.2 Å². The Balaban J connectivity index is 2.87. The van der Waals surface area contributed by atoms with Gasteiger partial charge in [0.2, 0.25) is 0 Å². The molecule has 3 N–H and O–H groups in total. The van der Waals surface area contributed by atoms with Crippen LogP contribution >= 0.6 is 0 Å². The first kappa shape index (κ1) is 12.8. The maximum atomic E-state index is 12.6. The number of anilines is 1. The Morgan fingerprint density at radius 3 is 2.50 bits per heavy atom. The minimum absolute atomic E-state index is 0.0755. The van der Waals surface area contributed by atoms with Gasteiger partial charge in [0.1, 0.15) is 0 Å². The van der Waals surface area contributed by atoms with Gasteiger partial charge >= 0.3 is 6.18 Å². The van der Waals surface area contributed by atoms with Crippen molar-refractivity contribution < 1.29 is 13.2 Å². The van der Waals surface area contributed by atoms with E-state index in [4.69, 9.17) is 5.73 Å². The van der Waals surface area contributed by atoms with E-state index in [0.717, 1.165) is 6.07 Å². The highest BCUT2D eigenvalue weighted by atomic mass is 19.4. The molecule has 1 rings (SSSR count). The first-order valence-electron chi connectivity index (χ1n) is 5.08. The van der Waals surface area contributed by atoms with Crippen molar-refractivity contribution in [3.63, 3.8) is 0 Å². The molecule has 90 valence electrons. The van der Waals surface area contributed by atoms with Crippen molar-refractivity contribution >= 4 is 5.69 Å². The van der Waals surface area contributed by atoms with E-state index in [1.54, 1.807) is 13.0 Å². The molecule has 0 fully saturated rings. The van der Waals surface area contributed by atoms with Gasteiger partial charge in [-0.1, -0.05) is 12.1 Å². The molecule has 1 aromatic rings. The summed E-state index contributed by atoms with van der Waals surface area (Å²) < 4.78 is 37.9. The first-order valence-corrected chi connectivity index (χ1v) is 5.08. The average molecular weight is 232 g/mol. The molecule has 0 spiro atoms. The number of benzene rings is 1. The van der Waals surface area contributed by atoms with Crippen LogP contribution in [0.4, 0.5) is 18.9 Å². The van der Waals surface area contributed by atoms with E-state index in [0.29, 0.717) is 13.0 Å². The van der Waals surface area contributed by atoms with Crippen molar-refractivity contribution in [3.8, 4) is 0 Å². The quantitative estimate of drug-likeness (QED) is 0.837. The highest BCUT2D eigenvalue weighted by Crippen LogP contribution is 2.34. The van der Waals surface area contributed by atoms with Gasteiger partial charge in [0.25, 0.3) is 0 Å². The van der Waals surface area contributed by atoms with Gasteiger partial charge in [-0.3, -0.25) is 0 Å². The third-order valence-corrected chi connectivity index (χ3v) is 2.23. The largest absolute Gasteiger partial charge is 0.418 e. The second kappa shape index (κ2) is 5.21. The van der Waals surface area contributed by atoms with Gasteiger partial charge in [0.15, 0.2) is 0 Å². The van der Waals surface area contributed by atoms with Crippen LogP contribution in [0, 0.1) is 0 Å². The van der Waals surface area contributed by atoms with Gasteiger partial charge in [-0.05, 0) is 32.0 Å². The summed E-state index contributed by atoms with van der Waals surface area (Å²) in [6.45, 7) is 2.25. The molecule has 0 amide bonds. The Morgan fingerprint density at radius 1 is 1.31 bits per heavy atom. The fraction of sp³-hybridized carbons (Fsp3) is 0.455. The summed E-state index contributed by atoms with van der Waals surface area (Å²) in [6, 6.07) is 5.37. The zero-order valence-corrected chi connectivity index (χ0v) is 9.01.